The number of rotatable bonds is 6. The van der Waals surface area contributed by atoms with Crippen LogP contribution >= 0.6 is 36.2 Å². The number of amides is 1. The maximum Gasteiger partial charge on any atom is 0.242 e. The molecular formula is C15H27Cl2N3O3S. The van der Waals surface area contributed by atoms with Crippen LogP contribution in [0.25, 0.3) is 0 Å². The first-order chi connectivity index (χ1) is 10.5. The molecule has 0 spiro atoms. The molecule has 0 saturated carbocycles. The number of hydrogen-bond acceptors (Lipinski definition) is 6. The highest BCUT2D eigenvalue weighted by Gasteiger charge is 2.30. The van der Waals surface area contributed by atoms with Crippen molar-refractivity contribution in [2.45, 2.75) is 45.6 Å². The van der Waals surface area contributed by atoms with Gasteiger partial charge in [-0.25, -0.2) is 4.98 Å². The number of carbonyl (C=O) groups excluding carboxylic acids is 1. The van der Waals surface area contributed by atoms with Crippen molar-refractivity contribution in [1.29, 1.82) is 0 Å². The van der Waals surface area contributed by atoms with Gasteiger partial charge in [-0.2, -0.15) is 0 Å². The van der Waals surface area contributed by atoms with Crippen molar-refractivity contribution >= 4 is 42.1 Å². The minimum Gasteiger partial charge on any atom is -0.375 e. The Morgan fingerprint density at radius 2 is 2.29 bits per heavy atom. The molecule has 1 aromatic rings. The average molecular weight is 400 g/mol. The van der Waals surface area contributed by atoms with E-state index in [0.29, 0.717) is 26.3 Å². The number of ether oxygens (including phenoxy) is 2. The summed E-state index contributed by atoms with van der Waals surface area (Å²) in [6.45, 7) is 8.41. The van der Waals surface area contributed by atoms with Crippen molar-refractivity contribution in [3.05, 3.63) is 16.1 Å². The van der Waals surface area contributed by atoms with Crippen molar-refractivity contribution in [3.8, 4) is 0 Å². The summed E-state index contributed by atoms with van der Waals surface area (Å²) in [4.78, 5) is 18.8. The minimum absolute atomic E-state index is 0. The Labute approximate surface area is 160 Å². The van der Waals surface area contributed by atoms with Gasteiger partial charge in [-0.05, 0) is 20.8 Å². The molecule has 1 unspecified atom stereocenters. The smallest absolute Gasteiger partial charge is 0.242 e. The van der Waals surface area contributed by atoms with Crippen LogP contribution in [0.2, 0.25) is 0 Å². The van der Waals surface area contributed by atoms with E-state index >= 15 is 0 Å². The summed E-state index contributed by atoms with van der Waals surface area (Å²) in [7, 11) is 1.80. The van der Waals surface area contributed by atoms with Gasteiger partial charge >= 0.3 is 0 Å². The van der Waals surface area contributed by atoms with Crippen LogP contribution in [0.15, 0.2) is 5.38 Å². The van der Waals surface area contributed by atoms with Crippen LogP contribution in [0, 0.1) is 0 Å². The fourth-order valence-electron chi connectivity index (χ4n) is 2.47. The first-order valence-corrected chi connectivity index (χ1v) is 8.56. The highest BCUT2D eigenvalue weighted by Crippen LogP contribution is 2.21. The van der Waals surface area contributed by atoms with E-state index in [-0.39, 0.29) is 49.0 Å². The number of morpholine rings is 1. The standard InChI is InChI=1S/C15H25N3O3S.2ClH/c1-5-20-11(3)14-17-12(9-22-14)8-18(4)15(19)13-10(2)21-7-6-16-13;;/h9-11,13,16H,5-8H2,1-4H3;2*1H/t10-,11?,13+;;/m1../s1. The Morgan fingerprint density at radius 1 is 1.58 bits per heavy atom. The van der Waals surface area contributed by atoms with Crippen LogP contribution in [0.4, 0.5) is 0 Å². The molecule has 1 aliphatic rings. The number of halogens is 2. The van der Waals surface area contributed by atoms with Crippen LogP contribution in [-0.4, -0.2) is 54.7 Å². The van der Waals surface area contributed by atoms with Gasteiger partial charge in [0.2, 0.25) is 5.91 Å². The lowest BCUT2D eigenvalue weighted by molar-refractivity contribution is -0.138. The fraction of sp³-hybridized carbons (Fsp3) is 0.733. The fourth-order valence-corrected chi connectivity index (χ4v) is 3.28. The van der Waals surface area contributed by atoms with Gasteiger partial charge in [0, 0.05) is 25.6 Å². The first-order valence-electron chi connectivity index (χ1n) is 7.68. The normalized spacial score (nSPS) is 21.3. The number of nitrogens with zero attached hydrogens (tertiary/aromatic N) is 2. The molecule has 0 radical (unpaired) electrons. The molecule has 1 N–H and O–H groups in total. The van der Waals surface area contributed by atoms with E-state index in [0.717, 1.165) is 10.7 Å². The number of nitrogens with one attached hydrogen (secondary N) is 1. The van der Waals surface area contributed by atoms with Crippen molar-refractivity contribution in [3.63, 3.8) is 0 Å². The van der Waals surface area contributed by atoms with Crippen molar-refractivity contribution in [1.82, 2.24) is 15.2 Å². The highest BCUT2D eigenvalue weighted by atomic mass is 35.5. The summed E-state index contributed by atoms with van der Waals surface area (Å²) in [5.74, 6) is 0.0413. The Hall–Kier alpha value is -0.440. The summed E-state index contributed by atoms with van der Waals surface area (Å²) in [5.41, 5.74) is 0.895. The van der Waals surface area contributed by atoms with Gasteiger partial charge in [-0.15, -0.1) is 36.2 Å². The molecule has 2 heterocycles. The second-order valence-electron chi connectivity index (χ2n) is 5.48. The molecule has 9 heteroatoms. The molecule has 0 aromatic carbocycles. The van der Waals surface area contributed by atoms with Crippen molar-refractivity contribution < 1.29 is 14.3 Å². The van der Waals surface area contributed by atoms with Gasteiger partial charge in [-0.1, -0.05) is 0 Å². The molecular weight excluding hydrogens is 373 g/mol. The van der Waals surface area contributed by atoms with Crippen LogP contribution in [0.5, 0.6) is 0 Å². The molecule has 24 heavy (non-hydrogen) atoms. The molecule has 1 aromatic heterocycles. The molecule has 0 bridgehead atoms. The Morgan fingerprint density at radius 3 is 2.92 bits per heavy atom. The summed E-state index contributed by atoms with van der Waals surface area (Å²) in [6, 6.07) is -0.279. The average Bonchev–Trinajstić information content (AvgIpc) is 2.96. The van der Waals surface area contributed by atoms with Crippen LogP contribution in [-0.2, 0) is 20.8 Å². The largest absolute Gasteiger partial charge is 0.375 e. The third-order valence-electron chi connectivity index (χ3n) is 3.69. The van der Waals surface area contributed by atoms with E-state index in [9.17, 15) is 4.79 Å². The second-order valence-corrected chi connectivity index (χ2v) is 6.37. The predicted octanol–water partition coefficient (Wildman–Crippen LogP) is 2.42. The highest BCUT2D eigenvalue weighted by molar-refractivity contribution is 7.09. The summed E-state index contributed by atoms with van der Waals surface area (Å²) < 4.78 is 11.1. The number of thiazole rings is 1. The van der Waals surface area contributed by atoms with Gasteiger partial charge in [-0.3, -0.25) is 4.79 Å². The zero-order chi connectivity index (χ0) is 16.1. The SMILES string of the molecule is CCOC(C)c1nc(CN(C)C(=O)[C@H]2NCCO[C@@H]2C)cs1.Cl.Cl. The zero-order valence-corrected chi connectivity index (χ0v) is 16.9. The second kappa shape index (κ2) is 11.2. The molecule has 0 aliphatic carbocycles. The molecule has 1 fully saturated rings. The number of hydrogen-bond donors (Lipinski definition) is 1. The molecule has 2 rings (SSSR count). The molecule has 1 aliphatic heterocycles. The van der Waals surface area contributed by atoms with E-state index in [4.69, 9.17) is 9.47 Å². The lowest BCUT2D eigenvalue weighted by Crippen LogP contribution is -2.55. The first kappa shape index (κ1) is 23.6. The summed E-state index contributed by atoms with van der Waals surface area (Å²) >= 11 is 1.57. The van der Waals surface area contributed by atoms with Crippen LogP contribution in [0.3, 0.4) is 0 Å². The minimum atomic E-state index is -0.279. The zero-order valence-electron chi connectivity index (χ0n) is 14.5. The van der Waals surface area contributed by atoms with Gasteiger partial charge < -0.3 is 19.7 Å². The monoisotopic (exact) mass is 399 g/mol. The number of carbonyl (C=O) groups is 1. The maximum atomic E-state index is 12.5. The van der Waals surface area contributed by atoms with Gasteiger partial charge in [0.15, 0.2) is 0 Å². The van der Waals surface area contributed by atoms with Crippen LogP contribution < -0.4 is 5.32 Å². The quantitative estimate of drug-likeness (QED) is 0.795. The van der Waals surface area contributed by atoms with E-state index in [1.807, 2.05) is 26.2 Å². The molecule has 140 valence electrons. The van der Waals surface area contributed by atoms with Gasteiger partial charge in [0.25, 0.3) is 0 Å². The third kappa shape index (κ3) is 6.13. The topological polar surface area (TPSA) is 63.7 Å². The number of likely N-dealkylation sites (N-methyl/N-ethyl adjacent to an activating group) is 1. The lowest BCUT2D eigenvalue weighted by Gasteiger charge is -2.32. The lowest BCUT2D eigenvalue weighted by atomic mass is 10.1. The molecule has 1 saturated heterocycles. The van der Waals surface area contributed by atoms with E-state index in [1.54, 1.807) is 23.3 Å². The van der Waals surface area contributed by atoms with E-state index < -0.39 is 0 Å². The molecule has 3 atom stereocenters. The summed E-state index contributed by atoms with van der Waals surface area (Å²) in [6.07, 6.45) is -0.106. The van der Waals surface area contributed by atoms with Gasteiger partial charge in [0.1, 0.15) is 17.2 Å². The van der Waals surface area contributed by atoms with Crippen molar-refractivity contribution in [2.75, 3.05) is 26.8 Å². The Bertz CT molecular complexity index is 504. The van der Waals surface area contributed by atoms with E-state index in [1.165, 1.54) is 0 Å². The maximum absolute atomic E-state index is 12.5. The molecule has 6 nitrogen and oxygen atoms in total. The van der Waals surface area contributed by atoms with Gasteiger partial charge in [0.05, 0.1) is 24.9 Å². The Balaban J connectivity index is 0.00000264. The van der Waals surface area contributed by atoms with Crippen molar-refractivity contribution in [2.24, 2.45) is 0 Å². The van der Waals surface area contributed by atoms with E-state index in [2.05, 4.69) is 10.3 Å². The molecule has 1 amide bonds. The number of aromatic nitrogens is 1. The van der Waals surface area contributed by atoms with Crippen LogP contribution in [0.1, 0.15) is 37.6 Å². The Kier molecular flexibility index (Phi) is 11.0. The predicted molar refractivity (Wildman–Crippen MR) is 100 cm³/mol. The summed E-state index contributed by atoms with van der Waals surface area (Å²) in [5, 5.41) is 6.16. The third-order valence-corrected chi connectivity index (χ3v) is 4.75.